The maximum atomic E-state index is 11.6. The van der Waals surface area contributed by atoms with Crippen LogP contribution in [0, 0.1) is 11.3 Å². The van der Waals surface area contributed by atoms with E-state index in [2.05, 4.69) is 26.1 Å². The van der Waals surface area contributed by atoms with E-state index >= 15 is 0 Å². The van der Waals surface area contributed by atoms with Gasteiger partial charge in [-0.1, -0.05) is 20.8 Å². The fourth-order valence-corrected chi connectivity index (χ4v) is 2.97. The molecule has 1 aliphatic heterocycles. The minimum absolute atomic E-state index is 0.0343. The van der Waals surface area contributed by atoms with Gasteiger partial charge in [-0.25, -0.2) is 8.42 Å². The van der Waals surface area contributed by atoms with Crippen molar-refractivity contribution in [2.45, 2.75) is 39.7 Å². The Kier molecular flexibility index (Phi) is 5.38. The molecule has 0 aromatic rings. The Labute approximate surface area is 116 Å². The van der Waals surface area contributed by atoms with Crippen molar-refractivity contribution >= 4 is 15.7 Å². The second-order valence-electron chi connectivity index (χ2n) is 6.39. The van der Waals surface area contributed by atoms with Gasteiger partial charge in [-0.15, -0.1) is 0 Å². The minimum Gasteiger partial charge on any atom is -0.377 e. The van der Waals surface area contributed by atoms with E-state index in [-0.39, 0.29) is 29.6 Å². The highest BCUT2D eigenvalue weighted by Crippen LogP contribution is 2.34. The Morgan fingerprint density at radius 2 is 2.00 bits per heavy atom. The van der Waals surface area contributed by atoms with Gasteiger partial charge in [-0.2, -0.15) is 0 Å². The predicted molar refractivity (Wildman–Crippen MR) is 74.6 cm³/mol. The van der Waals surface area contributed by atoms with E-state index in [4.69, 9.17) is 4.74 Å². The Morgan fingerprint density at radius 1 is 1.37 bits per heavy atom. The van der Waals surface area contributed by atoms with Gasteiger partial charge < -0.3 is 10.1 Å². The van der Waals surface area contributed by atoms with Crippen LogP contribution in [0.25, 0.3) is 0 Å². The highest BCUT2D eigenvalue weighted by molar-refractivity contribution is 7.90. The van der Waals surface area contributed by atoms with Crippen LogP contribution in [0.4, 0.5) is 0 Å². The van der Waals surface area contributed by atoms with Gasteiger partial charge >= 0.3 is 0 Å². The number of carbonyl (C=O) groups is 1. The van der Waals surface area contributed by atoms with E-state index in [1.54, 1.807) is 0 Å². The van der Waals surface area contributed by atoms with Crippen LogP contribution in [-0.4, -0.2) is 45.6 Å². The van der Waals surface area contributed by atoms with Crippen LogP contribution in [0.2, 0.25) is 0 Å². The monoisotopic (exact) mass is 291 g/mol. The van der Waals surface area contributed by atoms with Gasteiger partial charge in [0.25, 0.3) is 0 Å². The summed E-state index contributed by atoms with van der Waals surface area (Å²) in [5.74, 6) is 0.00931. The number of rotatable bonds is 5. The van der Waals surface area contributed by atoms with Gasteiger partial charge in [0.15, 0.2) is 0 Å². The summed E-state index contributed by atoms with van der Waals surface area (Å²) in [6, 6.07) is 0. The number of hydrogen-bond acceptors (Lipinski definition) is 4. The summed E-state index contributed by atoms with van der Waals surface area (Å²) in [6.45, 7) is 7.67. The molecular weight excluding hydrogens is 266 g/mol. The van der Waals surface area contributed by atoms with Crippen molar-refractivity contribution in [3.8, 4) is 0 Å². The second-order valence-corrected chi connectivity index (χ2v) is 8.65. The van der Waals surface area contributed by atoms with Crippen LogP contribution in [-0.2, 0) is 19.4 Å². The zero-order chi connectivity index (χ0) is 14.7. The van der Waals surface area contributed by atoms with E-state index in [0.29, 0.717) is 12.5 Å². The molecule has 1 heterocycles. The number of nitrogens with one attached hydrogen (secondary N) is 1. The third-order valence-corrected chi connectivity index (χ3v) is 4.27. The number of amides is 1. The quantitative estimate of drug-likeness (QED) is 0.820. The first-order valence-corrected chi connectivity index (χ1v) is 8.71. The molecule has 0 aromatic carbocycles. The lowest BCUT2D eigenvalue weighted by Gasteiger charge is -2.31. The summed E-state index contributed by atoms with van der Waals surface area (Å²) < 4.78 is 27.7. The van der Waals surface area contributed by atoms with Gasteiger partial charge in [0, 0.05) is 31.7 Å². The van der Waals surface area contributed by atoms with E-state index in [1.165, 1.54) is 0 Å². The summed E-state index contributed by atoms with van der Waals surface area (Å²) in [4.78, 5) is 11.6. The largest absolute Gasteiger partial charge is 0.377 e. The van der Waals surface area contributed by atoms with Crippen LogP contribution < -0.4 is 5.32 Å². The molecule has 0 bridgehead atoms. The van der Waals surface area contributed by atoms with E-state index in [9.17, 15) is 13.2 Å². The van der Waals surface area contributed by atoms with E-state index in [0.717, 1.165) is 19.3 Å². The van der Waals surface area contributed by atoms with Gasteiger partial charge in [-0.3, -0.25) is 4.79 Å². The second kappa shape index (κ2) is 6.22. The fraction of sp³-hybridized carbons (Fsp3) is 0.923. The molecule has 1 rings (SSSR count). The van der Waals surface area contributed by atoms with Crippen LogP contribution >= 0.6 is 0 Å². The number of hydrogen-bond donors (Lipinski definition) is 1. The van der Waals surface area contributed by atoms with Gasteiger partial charge in [0.1, 0.15) is 9.84 Å². The zero-order valence-corrected chi connectivity index (χ0v) is 13.0. The molecule has 19 heavy (non-hydrogen) atoms. The highest BCUT2D eigenvalue weighted by Gasteiger charge is 2.37. The molecule has 1 N–H and O–H groups in total. The molecule has 0 spiro atoms. The van der Waals surface area contributed by atoms with E-state index in [1.807, 2.05) is 0 Å². The lowest BCUT2D eigenvalue weighted by atomic mass is 9.81. The van der Waals surface area contributed by atoms with Crippen LogP contribution in [0.15, 0.2) is 0 Å². The maximum Gasteiger partial charge on any atom is 0.221 e. The number of carbonyl (C=O) groups excluding carboxylic acids is 1. The average Bonchev–Trinajstić information content (AvgIpc) is 2.70. The summed E-state index contributed by atoms with van der Waals surface area (Å²) in [5.41, 5.74) is 0.0542. The molecule has 2 atom stereocenters. The Morgan fingerprint density at radius 3 is 2.53 bits per heavy atom. The summed E-state index contributed by atoms with van der Waals surface area (Å²) >= 11 is 0. The molecule has 6 heteroatoms. The van der Waals surface area contributed by atoms with Crippen LogP contribution in [0.1, 0.15) is 33.6 Å². The summed E-state index contributed by atoms with van der Waals surface area (Å²) in [7, 11) is -3.08. The third-order valence-electron chi connectivity index (χ3n) is 3.33. The van der Waals surface area contributed by atoms with Crippen molar-refractivity contribution in [2.24, 2.45) is 11.3 Å². The van der Waals surface area contributed by atoms with Crippen molar-refractivity contribution in [2.75, 3.05) is 25.2 Å². The summed E-state index contributed by atoms with van der Waals surface area (Å²) in [6.07, 6.45) is 2.25. The third kappa shape index (κ3) is 5.91. The molecule has 0 aliphatic carbocycles. The molecule has 112 valence electrons. The maximum absolute atomic E-state index is 11.6. The minimum atomic E-state index is -3.08. The van der Waals surface area contributed by atoms with Gasteiger partial charge in [0.2, 0.25) is 5.91 Å². The zero-order valence-electron chi connectivity index (χ0n) is 12.2. The van der Waals surface area contributed by atoms with Crippen LogP contribution in [0.3, 0.4) is 0 Å². The van der Waals surface area contributed by atoms with E-state index < -0.39 is 9.84 Å². The molecule has 1 amide bonds. The van der Waals surface area contributed by atoms with Gasteiger partial charge in [0.05, 0.1) is 11.9 Å². The lowest BCUT2D eigenvalue weighted by molar-refractivity contribution is -0.121. The predicted octanol–water partition coefficient (Wildman–Crippen LogP) is 0.988. The first kappa shape index (κ1) is 16.4. The molecule has 0 aromatic heterocycles. The fourth-order valence-electron chi connectivity index (χ4n) is 2.41. The highest BCUT2D eigenvalue weighted by atomic mass is 32.2. The van der Waals surface area contributed by atoms with Crippen LogP contribution in [0.5, 0.6) is 0 Å². The lowest BCUT2D eigenvalue weighted by Crippen LogP contribution is -2.39. The van der Waals surface area contributed by atoms with Crippen molar-refractivity contribution in [3.63, 3.8) is 0 Å². The van der Waals surface area contributed by atoms with Crippen molar-refractivity contribution in [1.82, 2.24) is 5.32 Å². The molecule has 0 unspecified atom stereocenters. The molecule has 1 fully saturated rings. The van der Waals surface area contributed by atoms with Crippen molar-refractivity contribution < 1.29 is 17.9 Å². The normalized spacial score (nSPS) is 24.4. The Balaban J connectivity index is 2.38. The van der Waals surface area contributed by atoms with Crippen molar-refractivity contribution in [3.05, 3.63) is 0 Å². The molecule has 5 nitrogen and oxygen atoms in total. The number of sulfone groups is 1. The average molecular weight is 291 g/mol. The smallest absolute Gasteiger partial charge is 0.221 e. The molecule has 1 saturated heterocycles. The SMILES string of the molecule is CC(C)(C)[C@H]1OCC[C@@H]1CNC(=O)CCS(C)(=O)=O. The Bertz CT molecular complexity index is 411. The number of ether oxygens (including phenoxy) is 1. The van der Waals surface area contributed by atoms with Crippen molar-refractivity contribution in [1.29, 1.82) is 0 Å². The first-order valence-electron chi connectivity index (χ1n) is 6.65. The topological polar surface area (TPSA) is 72.5 Å². The molecule has 0 radical (unpaired) electrons. The molecular formula is C13H25NO4S. The molecule has 1 aliphatic rings. The first-order chi connectivity index (χ1) is 8.59. The molecule has 0 saturated carbocycles. The standard InChI is InChI=1S/C13H25NO4S/c1-13(2,3)12-10(5-7-18-12)9-14-11(15)6-8-19(4,16)17/h10,12H,5-9H2,1-4H3,(H,14,15)/t10-,12+/m1/s1. The van der Waals surface area contributed by atoms with Gasteiger partial charge in [-0.05, 0) is 11.8 Å². The summed E-state index contributed by atoms with van der Waals surface area (Å²) in [5, 5.41) is 2.82. The Hall–Kier alpha value is -0.620.